The number of amides is 1. The Kier molecular flexibility index (Phi) is 3.10. The van der Waals surface area contributed by atoms with Gasteiger partial charge in [-0.3, -0.25) is 4.79 Å². The fraction of sp³-hybridized carbons (Fsp3) is 0.583. The van der Waals surface area contributed by atoms with Crippen molar-refractivity contribution < 1.29 is 4.79 Å². The number of nitrogens with zero attached hydrogens (tertiary/aromatic N) is 4. The molecule has 2 aliphatic rings. The van der Waals surface area contributed by atoms with Crippen LogP contribution in [0.4, 0.5) is 5.82 Å². The lowest BCUT2D eigenvalue weighted by molar-refractivity contribution is -0.137. The molecule has 0 unspecified atom stereocenters. The molecule has 18 heavy (non-hydrogen) atoms. The van der Waals surface area contributed by atoms with Crippen LogP contribution in [0.5, 0.6) is 0 Å². The number of carbonyl (C=O) groups is 1. The predicted molar refractivity (Wildman–Crippen MR) is 67.2 cm³/mol. The summed E-state index contributed by atoms with van der Waals surface area (Å²) in [6, 6.07) is 3.85. The van der Waals surface area contributed by atoms with E-state index < -0.39 is 0 Å². The molecule has 0 atom stereocenters. The van der Waals surface area contributed by atoms with Crippen molar-refractivity contribution in [3.8, 4) is 0 Å². The standard InChI is InChI=1S/C12H17N5O/c18-12(10-8-13-9-10)17-6-4-16(5-7-17)11-2-1-3-14-15-11/h1-3,10,13H,4-9H2. The highest BCUT2D eigenvalue weighted by atomic mass is 16.2. The molecule has 1 amide bonds. The van der Waals surface area contributed by atoms with Crippen molar-refractivity contribution in [2.75, 3.05) is 44.2 Å². The van der Waals surface area contributed by atoms with E-state index in [0.717, 1.165) is 45.1 Å². The molecule has 1 aromatic heterocycles. The molecule has 0 saturated carbocycles. The molecule has 0 spiro atoms. The summed E-state index contributed by atoms with van der Waals surface area (Å²) in [7, 11) is 0. The number of carbonyl (C=O) groups excluding carboxylic acids is 1. The molecule has 0 aliphatic carbocycles. The molecule has 6 nitrogen and oxygen atoms in total. The smallest absolute Gasteiger partial charge is 0.228 e. The van der Waals surface area contributed by atoms with Crippen molar-refractivity contribution in [2.45, 2.75) is 0 Å². The van der Waals surface area contributed by atoms with Gasteiger partial charge in [0.1, 0.15) is 0 Å². The molecule has 0 aromatic carbocycles. The van der Waals surface area contributed by atoms with Crippen LogP contribution in [0.2, 0.25) is 0 Å². The van der Waals surface area contributed by atoms with Gasteiger partial charge in [0, 0.05) is 45.5 Å². The van der Waals surface area contributed by atoms with Gasteiger partial charge in [-0.05, 0) is 12.1 Å². The number of hydrogen-bond acceptors (Lipinski definition) is 5. The van der Waals surface area contributed by atoms with E-state index in [9.17, 15) is 4.79 Å². The lowest BCUT2D eigenvalue weighted by Crippen LogP contribution is -2.56. The Bertz CT molecular complexity index is 412. The summed E-state index contributed by atoms with van der Waals surface area (Å²) in [5.41, 5.74) is 0. The first-order valence-corrected chi connectivity index (χ1v) is 6.37. The van der Waals surface area contributed by atoms with Crippen LogP contribution >= 0.6 is 0 Å². The molecule has 3 heterocycles. The number of nitrogens with one attached hydrogen (secondary N) is 1. The van der Waals surface area contributed by atoms with Crippen LogP contribution in [0, 0.1) is 5.92 Å². The second kappa shape index (κ2) is 4.89. The minimum atomic E-state index is 0.202. The third kappa shape index (κ3) is 2.15. The number of piperazine rings is 1. The molecule has 0 radical (unpaired) electrons. The van der Waals surface area contributed by atoms with E-state index in [1.165, 1.54) is 0 Å². The lowest BCUT2D eigenvalue weighted by Gasteiger charge is -2.38. The van der Waals surface area contributed by atoms with E-state index in [0.29, 0.717) is 5.91 Å². The first-order valence-electron chi connectivity index (χ1n) is 6.37. The summed E-state index contributed by atoms with van der Waals surface area (Å²) in [6.07, 6.45) is 1.67. The monoisotopic (exact) mass is 247 g/mol. The Morgan fingerprint density at radius 3 is 2.61 bits per heavy atom. The number of rotatable bonds is 2. The highest BCUT2D eigenvalue weighted by molar-refractivity contribution is 5.80. The zero-order valence-corrected chi connectivity index (χ0v) is 10.2. The Labute approximate surface area is 106 Å². The molecular weight excluding hydrogens is 230 g/mol. The van der Waals surface area contributed by atoms with Crippen molar-refractivity contribution in [3.63, 3.8) is 0 Å². The van der Waals surface area contributed by atoms with Crippen molar-refractivity contribution in [2.24, 2.45) is 5.92 Å². The Hall–Kier alpha value is -1.69. The molecule has 1 N–H and O–H groups in total. The molecule has 1 aromatic rings. The van der Waals surface area contributed by atoms with Gasteiger partial charge in [-0.15, -0.1) is 5.10 Å². The van der Waals surface area contributed by atoms with Crippen LogP contribution in [0.3, 0.4) is 0 Å². The Morgan fingerprint density at radius 1 is 1.28 bits per heavy atom. The van der Waals surface area contributed by atoms with Crippen molar-refractivity contribution >= 4 is 11.7 Å². The van der Waals surface area contributed by atoms with E-state index in [2.05, 4.69) is 20.4 Å². The zero-order chi connectivity index (χ0) is 12.4. The van der Waals surface area contributed by atoms with Crippen LogP contribution in [0.1, 0.15) is 0 Å². The second-order valence-electron chi connectivity index (χ2n) is 4.75. The van der Waals surface area contributed by atoms with E-state index in [4.69, 9.17) is 0 Å². The Morgan fingerprint density at radius 2 is 2.06 bits per heavy atom. The maximum atomic E-state index is 12.1. The zero-order valence-electron chi connectivity index (χ0n) is 10.2. The number of anilines is 1. The second-order valence-corrected chi connectivity index (χ2v) is 4.75. The summed E-state index contributed by atoms with van der Waals surface area (Å²) in [5, 5.41) is 11.1. The predicted octanol–water partition coefficient (Wildman–Crippen LogP) is -0.655. The first kappa shape index (κ1) is 11.4. The van der Waals surface area contributed by atoms with E-state index in [1.54, 1.807) is 6.20 Å². The molecule has 6 heteroatoms. The highest BCUT2D eigenvalue weighted by Gasteiger charge is 2.31. The van der Waals surface area contributed by atoms with Gasteiger partial charge in [0.15, 0.2) is 5.82 Å². The van der Waals surface area contributed by atoms with E-state index >= 15 is 0 Å². The largest absolute Gasteiger partial charge is 0.352 e. The molecule has 2 fully saturated rings. The lowest BCUT2D eigenvalue weighted by atomic mass is 10.0. The van der Waals surface area contributed by atoms with Crippen LogP contribution in [0.15, 0.2) is 18.3 Å². The summed E-state index contributed by atoms with van der Waals surface area (Å²) in [4.78, 5) is 16.2. The SMILES string of the molecule is O=C(C1CNC1)N1CCN(c2cccnn2)CC1. The van der Waals surface area contributed by atoms with Gasteiger partial charge in [-0.25, -0.2) is 0 Å². The normalized spacial score (nSPS) is 20.7. The Balaban J connectivity index is 1.56. The molecular formula is C12H17N5O. The number of hydrogen-bond donors (Lipinski definition) is 1. The summed E-state index contributed by atoms with van der Waals surface area (Å²) in [5.74, 6) is 1.40. The van der Waals surface area contributed by atoms with E-state index in [-0.39, 0.29) is 5.92 Å². The van der Waals surface area contributed by atoms with Gasteiger partial charge < -0.3 is 15.1 Å². The van der Waals surface area contributed by atoms with E-state index in [1.807, 2.05) is 17.0 Å². The summed E-state index contributed by atoms with van der Waals surface area (Å²) < 4.78 is 0. The van der Waals surface area contributed by atoms with Crippen LogP contribution < -0.4 is 10.2 Å². The third-order valence-corrected chi connectivity index (χ3v) is 3.60. The van der Waals surface area contributed by atoms with Crippen molar-refractivity contribution in [3.05, 3.63) is 18.3 Å². The average molecular weight is 247 g/mol. The maximum absolute atomic E-state index is 12.1. The molecule has 0 bridgehead atoms. The van der Waals surface area contributed by atoms with Gasteiger partial charge in [0.05, 0.1) is 5.92 Å². The minimum Gasteiger partial charge on any atom is -0.352 e. The average Bonchev–Trinajstić information content (AvgIpc) is 2.38. The van der Waals surface area contributed by atoms with Gasteiger partial charge in [0.2, 0.25) is 5.91 Å². The van der Waals surface area contributed by atoms with Gasteiger partial charge in [-0.2, -0.15) is 5.10 Å². The van der Waals surface area contributed by atoms with Crippen LogP contribution in [0.25, 0.3) is 0 Å². The van der Waals surface area contributed by atoms with Gasteiger partial charge in [-0.1, -0.05) is 0 Å². The number of aromatic nitrogens is 2. The minimum absolute atomic E-state index is 0.202. The quantitative estimate of drug-likeness (QED) is 0.752. The molecule has 2 aliphatic heterocycles. The summed E-state index contributed by atoms with van der Waals surface area (Å²) in [6.45, 7) is 4.92. The fourth-order valence-corrected chi connectivity index (χ4v) is 2.34. The summed E-state index contributed by atoms with van der Waals surface area (Å²) >= 11 is 0. The fourth-order valence-electron chi connectivity index (χ4n) is 2.34. The topological polar surface area (TPSA) is 61.4 Å². The molecule has 96 valence electrons. The van der Waals surface area contributed by atoms with Crippen molar-refractivity contribution in [1.29, 1.82) is 0 Å². The third-order valence-electron chi connectivity index (χ3n) is 3.60. The van der Waals surface area contributed by atoms with Crippen molar-refractivity contribution in [1.82, 2.24) is 20.4 Å². The van der Waals surface area contributed by atoms with Crippen LogP contribution in [-0.4, -0.2) is 60.3 Å². The maximum Gasteiger partial charge on any atom is 0.228 e. The molecule has 3 rings (SSSR count). The van der Waals surface area contributed by atoms with Crippen LogP contribution in [-0.2, 0) is 4.79 Å². The first-order chi connectivity index (χ1) is 8.84. The molecule has 2 saturated heterocycles. The van der Waals surface area contributed by atoms with Gasteiger partial charge >= 0.3 is 0 Å². The van der Waals surface area contributed by atoms with Gasteiger partial charge in [0.25, 0.3) is 0 Å². The highest BCUT2D eigenvalue weighted by Crippen LogP contribution is 2.14.